The fraction of sp³-hybridized carbons (Fsp3) is 0.500. The molecule has 13 heteroatoms. The van der Waals surface area contributed by atoms with E-state index in [9.17, 15) is 24.2 Å². The van der Waals surface area contributed by atoms with Crippen LogP contribution in [0.5, 0.6) is 0 Å². The Hall–Kier alpha value is -3.07. The smallest absolute Gasteiger partial charge is 0.283 e. The van der Waals surface area contributed by atoms with Crippen molar-refractivity contribution in [1.82, 2.24) is 25.4 Å². The molecule has 4 heterocycles. The Balaban J connectivity index is 1.10. The van der Waals surface area contributed by atoms with Crippen molar-refractivity contribution in [2.45, 2.75) is 57.3 Å². The van der Waals surface area contributed by atoms with Gasteiger partial charge >= 0.3 is 0 Å². The van der Waals surface area contributed by atoms with Crippen LogP contribution in [0.4, 0.5) is 9.18 Å². The minimum absolute atomic E-state index is 0.0370. The van der Waals surface area contributed by atoms with Gasteiger partial charge in [-0.3, -0.25) is 14.5 Å². The van der Waals surface area contributed by atoms with Crippen molar-refractivity contribution in [2.75, 3.05) is 52.4 Å². The molecule has 2 aromatic rings. The third-order valence-electron chi connectivity index (χ3n) is 8.72. The molecule has 4 N–H and O–H groups in total. The first kappa shape index (κ1) is 35.2. The van der Waals surface area contributed by atoms with Gasteiger partial charge in [-0.25, -0.2) is 9.37 Å². The highest BCUT2D eigenvalue weighted by atomic mass is 32.2. The number of aliphatic hydroxyl groups is 2. The Labute approximate surface area is 283 Å². The van der Waals surface area contributed by atoms with Crippen molar-refractivity contribution in [3.63, 3.8) is 0 Å². The molecule has 1 spiro atoms. The van der Waals surface area contributed by atoms with Crippen LogP contribution in [0.3, 0.4) is 0 Å². The number of benzene rings is 1. The van der Waals surface area contributed by atoms with E-state index in [-0.39, 0.29) is 35.2 Å². The number of carbonyl (C=O) groups excluding carboxylic acids is 2. The van der Waals surface area contributed by atoms with Crippen molar-refractivity contribution in [3.05, 3.63) is 86.2 Å². The van der Waals surface area contributed by atoms with Crippen LogP contribution in [-0.4, -0.2) is 100 Å². The molecule has 1 aromatic heterocycles. The van der Waals surface area contributed by atoms with E-state index in [1.165, 1.54) is 23.5 Å². The Bertz CT molecular complexity index is 1520. The predicted molar refractivity (Wildman–Crippen MR) is 183 cm³/mol. The highest BCUT2D eigenvalue weighted by Crippen LogP contribution is 2.32. The average Bonchev–Trinajstić information content (AvgIpc) is 3.72. The van der Waals surface area contributed by atoms with Crippen LogP contribution in [0.1, 0.15) is 59.2 Å². The van der Waals surface area contributed by atoms with E-state index in [4.69, 9.17) is 4.74 Å². The fourth-order valence-electron chi connectivity index (χ4n) is 6.05. The maximum absolute atomic E-state index is 14.9. The molecular weight excluding hydrogens is 642 g/mol. The maximum Gasteiger partial charge on any atom is 0.283 e. The summed E-state index contributed by atoms with van der Waals surface area (Å²) in [4.78, 5) is 34.3. The van der Waals surface area contributed by atoms with Gasteiger partial charge in [-0.2, -0.15) is 0 Å². The quantitative estimate of drug-likeness (QED) is 0.142. The van der Waals surface area contributed by atoms with Crippen LogP contribution in [0.2, 0.25) is 0 Å². The third kappa shape index (κ3) is 9.30. The number of morpholine rings is 1. The van der Waals surface area contributed by atoms with E-state index in [1.54, 1.807) is 12.1 Å². The number of amides is 2. The molecule has 1 aromatic carbocycles. The average molecular weight is 686 g/mol. The number of ether oxygens (including phenoxy) is 1. The summed E-state index contributed by atoms with van der Waals surface area (Å²) in [6.07, 6.45) is 4.24. The van der Waals surface area contributed by atoms with Crippen molar-refractivity contribution in [2.24, 2.45) is 0 Å². The van der Waals surface area contributed by atoms with Crippen molar-refractivity contribution < 1.29 is 28.9 Å². The van der Waals surface area contributed by atoms with Gasteiger partial charge in [-0.05, 0) is 60.8 Å². The van der Waals surface area contributed by atoms with Crippen molar-refractivity contribution in [1.29, 1.82) is 0 Å². The number of aliphatic hydroxyl groups excluding tert-OH is 2. The van der Waals surface area contributed by atoms with Gasteiger partial charge in [-0.1, -0.05) is 38.6 Å². The molecule has 3 saturated heterocycles. The molecular formula is C34H44FN5O5S2. The second-order valence-electron chi connectivity index (χ2n) is 12.6. The minimum atomic E-state index is -0.893. The lowest BCUT2D eigenvalue weighted by Gasteiger charge is -2.47. The van der Waals surface area contributed by atoms with E-state index >= 15 is 0 Å². The highest BCUT2D eigenvalue weighted by molar-refractivity contribution is 8.17. The molecule has 0 bridgehead atoms. The number of carbonyl (C=O) groups is 2. The molecule has 0 unspecified atom stereocenters. The zero-order chi connectivity index (χ0) is 33.6. The molecule has 47 heavy (non-hydrogen) atoms. The summed E-state index contributed by atoms with van der Waals surface area (Å²) >= 11 is 2.56. The number of thiazole rings is 1. The van der Waals surface area contributed by atoms with E-state index in [0.29, 0.717) is 67.5 Å². The number of aromatic nitrogens is 1. The Morgan fingerprint density at radius 1 is 1.28 bits per heavy atom. The summed E-state index contributed by atoms with van der Waals surface area (Å²) in [6.45, 7) is 12.3. The van der Waals surface area contributed by atoms with Gasteiger partial charge in [0.25, 0.3) is 11.1 Å². The Morgan fingerprint density at radius 3 is 2.74 bits per heavy atom. The Kier molecular flexibility index (Phi) is 11.9. The highest BCUT2D eigenvalue weighted by Gasteiger charge is 2.41. The van der Waals surface area contributed by atoms with E-state index in [2.05, 4.69) is 40.9 Å². The first-order chi connectivity index (χ1) is 22.5. The van der Waals surface area contributed by atoms with Gasteiger partial charge in [-0.15, -0.1) is 11.3 Å². The number of allylic oxidation sites excluding steroid dienone is 1. The molecule has 0 aliphatic carbocycles. The van der Waals surface area contributed by atoms with E-state index in [1.807, 2.05) is 16.3 Å². The van der Waals surface area contributed by atoms with Gasteiger partial charge in [0.1, 0.15) is 17.3 Å². The summed E-state index contributed by atoms with van der Waals surface area (Å²) in [5, 5.41) is 28.9. The lowest BCUT2D eigenvalue weighted by molar-refractivity contribution is -0.128. The zero-order valence-corrected chi connectivity index (χ0v) is 28.6. The maximum atomic E-state index is 14.9. The summed E-state index contributed by atoms with van der Waals surface area (Å²) in [5.41, 5.74) is 2.29. The van der Waals surface area contributed by atoms with Crippen molar-refractivity contribution in [3.8, 4) is 0 Å². The van der Waals surface area contributed by atoms with Gasteiger partial charge in [0.05, 0.1) is 36.4 Å². The molecule has 0 radical (unpaired) electrons. The fourth-order valence-corrected chi connectivity index (χ4v) is 7.70. The van der Waals surface area contributed by atoms with Gasteiger partial charge in [0, 0.05) is 54.5 Å². The SMILES string of the molecule is C=C(O)/C=C\C(=C1/CNC(=O)S1)[C@@H](O)CNCCc1ccc(F)c(CN2CCC3(CC2)CN(C(=O)c2csc(C(C)C)n2)CCO3)c1. The number of hydrogen-bond donors (Lipinski definition) is 4. The lowest BCUT2D eigenvalue weighted by atomic mass is 9.89. The molecule has 3 aliphatic heterocycles. The number of nitrogens with one attached hydrogen (secondary N) is 2. The van der Waals surface area contributed by atoms with Crippen LogP contribution in [0, 0.1) is 5.82 Å². The van der Waals surface area contributed by atoms with Gasteiger partial charge in [0.15, 0.2) is 0 Å². The van der Waals surface area contributed by atoms with Crippen LogP contribution >= 0.6 is 23.1 Å². The molecule has 1 atom stereocenters. The Morgan fingerprint density at radius 2 is 2.06 bits per heavy atom. The van der Waals surface area contributed by atoms with Crippen molar-refractivity contribution >= 4 is 34.2 Å². The topological polar surface area (TPSA) is 127 Å². The van der Waals surface area contributed by atoms with Crippen LogP contribution in [0.25, 0.3) is 0 Å². The number of hydrogen-bond acceptors (Lipinski definition) is 10. The van der Waals surface area contributed by atoms with E-state index < -0.39 is 11.7 Å². The molecule has 10 nitrogen and oxygen atoms in total. The molecule has 3 fully saturated rings. The lowest BCUT2D eigenvalue weighted by Crippen LogP contribution is -2.58. The van der Waals surface area contributed by atoms with E-state index in [0.717, 1.165) is 48.3 Å². The largest absolute Gasteiger partial charge is 0.509 e. The van der Waals surface area contributed by atoms with Crippen LogP contribution < -0.4 is 10.6 Å². The number of piperidine rings is 1. The van der Waals surface area contributed by atoms with Gasteiger partial charge < -0.3 is 30.5 Å². The molecule has 2 amide bonds. The molecule has 0 saturated carbocycles. The molecule has 5 rings (SSSR count). The number of likely N-dealkylation sites (tertiary alicyclic amines) is 1. The second-order valence-corrected chi connectivity index (χ2v) is 14.6. The standard InChI is InChI=1S/C34H44FN5O5S2/c1-22(2)31-38-28(20-46-31)32(43)40-14-15-45-34(21-40)9-12-39(13-10-34)19-25-16-24(5-7-27(25)35)8-11-36-17-29(42)26(6-4-23(3)41)30-18-37-33(44)47-30/h4-7,16,20,22,29,36,41-42H,3,8-15,17-19,21H2,1-2H3,(H,37,44)/b6-4-,30-26-/t29-/m0/s1. The first-order valence-electron chi connectivity index (χ1n) is 16.0. The first-order valence-corrected chi connectivity index (χ1v) is 17.7. The number of halogens is 1. The van der Waals surface area contributed by atoms with Crippen LogP contribution in [-0.2, 0) is 17.7 Å². The van der Waals surface area contributed by atoms with Gasteiger partial charge in [0.2, 0.25) is 0 Å². The monoisotopic (exact) mass is 685 g/mol. The molecule has 254 valence electrons. The summed E-state index contributed by atoms with van der Waals surface area (Å²) in [5.74, 6) is -0.131. The second kappa shape index (κ2) is 15.9. The molecule has 3 aliphatic rings. The zero-order valence-electron chi connectivity index (χ0n) is 27.0. The summed E-state index contributed by atoms with van der Waals surface area (Å²) in [6, 6.07) is 5.20. The third-order valence-corrected chi connectivity index (χ3v) is 10.8. The van der Waals surface area contributed by atoms with Crippen LogP contribution in [0.15, 0.2) is 58.5 Å². The summed E-state index contributed by atoms with van der Waals surface area (Å²) in [7, 11) is 0. The number of nitrogens with zero attached hydrogens (tertiary/aromatic N) is 3. The predicted octanol–water partition coefficient (Wildman–Crippen LogP) is 4.74. The number of thioether (sulfide) groups is 1. The summed E-state index contributed by atoms with van der Waals surface area (Å²) < 4.78 is 21.2. The normalized spacial score (nSPS) is 20.3. The number of rotatable bonds is 12. The minimum Gasteiger partial charge on any atom is -0.509 e.